The Morgan fingerprint density at radius 3 is 2.65 bits per heavy atom. The molecule has 3 rings (SSSR count). The van der Waals surface area contributed by atoms with Crippen molar-refractivity contribution in [3.63, 3.8) is 0 Å². The molecule has 0 aliphatic heterocycles. The zero-order valence-corrected chi connectivity index (χ0v) is 13.8. The molecule has 23 heavy (non-hydrogen) atoms. The first-order chi connectivity index (χ1) is 11.1. The van der Waals surface area contributed by atoms with Gasteiger partial charge in [0.2, 0.25) is 0 Å². The van der Waals surface area contributed by atoms with Gasteiger partial charge in [0.15, 0.2) is 0 Å². The van der Waals surface area contributed by atoms with Gasteiger partial charge in [0.25, 0.3) is 5.56 Å². The van der Waals surface area contributed by atoms with Crippen LogP contribution in [-0.4, -0.2) is 10.2 Å². The molecule has 0 saturated carbocycles. The number of nitrogens with zero attached hydrogens (tertiary/aromatic N) is 1. The van der Waals surface area contributed by atoms with Crippen molar-refractivity contribution in [2.24, 2.45) is 5.14 Å². The second kappa shape index (κ2) is 6.44. The highest BCUT2D eigenvalue weighted by Crippen LogP contribution is 2.22. The predicted molar refractivity (Wildman–Crippen MR) is 96.5 cm³/mol. The first-order valence-corrected chi connectivity index (χ1v) is 8.15. The van der Waals surface area contributed by atoms with Crippen molar-refractivity contribution in [2.45, 2.75) is 20.3 Å². The Balaban J connectivity index is 2.07. The molecule has 5 nitrogen and oxygen atoms in total. The van der Waals surface area contributed by atoms with Crippen LogP contribution in [0.5, 0.6) is 0 Å². The van der Waals surface area contributed by atoms with Crippen LogP contribution in [0.25, 0.3) is 10.8 Å². The van der Waals surface area contributed by atoms with Crippen LogP contribution in [0.3, 0.4) is 0 Å². The Bertz CT molecular complexity index is 920. The molecule has 3 aromatic rings. The smallest absolute Gasteiger partial charge is 0.272 e. The van der Waals surface area contributed by atoms with E-state index in [1.807, 2.05) is 50.2 Å². The van der Waals surface area contributed by atoms with Crippen LogP contribution in [-0.2, 0) is 6.42 Å². The van der Waals surface area contributed by atoms with Gasteiger partial charge in [-0.1, -0.05) is 12.1 Å². The van der Waals surface area contributed by atoms with E-state index in [1.54, 1.807) is 0 Å². The fourth-order valence-corrected chi connectivity index (χ4v) is 2.89. The number of hydrogen-bond acceptors (Lipinski definition) is 5. The summed E-state index contributed by atoms with van der Waals surface area (Å²) in [5, 5.41) is 13.9. The second-order valence-corrected chi connectivity index (χ2v) is 6.02. The summed E-state index contributed by atoms with van der Waals surface area (Å²) in [4.78, 5) is 12.0. The molecule has 0 spiro atoms. The molecule has 1 heterocycles. The van der Waals surface area contributed by atoms with Crippen molar-refractivity contribution in [3.05, 3.63) is 69.1 Å². The first kappa shape index (κ1) is 15.6. The number of hydrogen-bond donors (Lipinski definition) is 3. The van der Waals surface area contributed by atoms with E-state index >= 15 is 0 Å². The Labute approximate surface area is 138 Å². The maximum absolute atomic E-state index is 12.0. The maximum Gasteiger partial charge on any atom is 0.272 e. The average Bonchev–Trinajstić information content (AvgIpc) is 2.53. The van der Waals surface area contributed by atoms with Gasteiger partial charge in [-0.2, -0.15) is 5.10 Å². The molecule has 0 radical (unpaired) electrons. The van der Waals surface area contributed by atoms with E-state index in [0.29, 0.717) is 11.8 Å². The molecule has 0 unspecified atom stereocenters. The largest absolute Gasteiger partial charge is 0.317 e. The predicted octanol–water partition coefficient (Wildman–Crippen LogP) is 3.06. The standard InChI is InChI=1S/C17H18N4OS/c1-10-6-14-15(7-11(10)2)17(22)20-19-16(14)9-12-4-3-5-13(8-12)21-23-18/h3-8,21H,9,18H2,1-2H3,(H,20,22). The fourth-order valence-electron chi connectivity index (χ4n) is 2.62. The zero-order chi connectivity index (χ0) is 16.4. The molecule has 0 atom stereocenters. The van der Waals surface area contributed by atoms with Crippen molar-refractivity contribution >= 4 is 28.6 Å². The summed E-state index contributed by atoms with van der Waals surface area (Å²) >= 11 is 1.06. The second-order valence-electron chi connectivity index (χ2n) is 5.58. The van der Waals surface area contributed by atoms with Gasteiger partial charge in [0.1, 0.15) is 0 Å². The molecule has 0 bridgehead atoms. The highest BCUT2D eigenvalue weighted by Gasteiger charge is 2.09. The van der Waals surface area contributed by atoms with Crippen molar-refractivity contribution < 1.29 is 0 Å². The van der Waals surface area contributed by atoms with Crippen molar-refractivity contribution in [2.75, 3.05) is 4.72 Å². The zero-order valence-electron chi connectivity index (χ0n) is 13.0. The minimum Gasteiger partial charge on any atom is -0.317 e. The number of fused-ring (bicyclic) bond motifs is 1. The fraction of sp³-hybridized carbons (Fsp3) is 0.176. The summed E-state index contributed by atoms with van der Waals surface area (Å²) in [5.74, 6) is 0. The summed E-state index contributed by atoms with van der Waals surface area (Å²) in [6.45, 7) is 4.05. The molecule has 0 aliphatic rings. The third-order valence-electron chi connectivity index (χ3n) is 3.96. The van der Waals surface area contributed by atoms with Crippen molar-refractivity contribution in [3.8, 4) is 0 Å². The molecule has 4 N–H and O–H groups in total. The summed E-state index contributed by atoms with van der Waals surface area (Å²) in [6, 6.07) is 12.0. The van der Waals surface area contributed by atoms with Crippen LogP contribution in [0.15, 0.2) is 41.2 Å². The van der Waals surface area contributed by atoms with Gasteiger partial charge < -0.3 is 4.72 Å². The highest BCUT2D eigenvalue weighted by molar-refractivity contribution is 7.98. The lowest BCUT2D eigenvalue weighted by Gasteiger charge is -2.09. The van der Waals surface area contributed by atoms with Crippen LogP contribution < -0.4 is 15.4 Å². The molecule has 2 aromatic carbocycles. The molecule has 0 aliphatic carbocycles. The minimum absolute atomic E-state index is 0.151. The summed E-state index contributed by atoms with van der Waals surface area (Å²) in [6.07, 6.45) is 0.639. The van der Waals surface area contributed by atoms with Crippen LogP contribution in [0.1, 0.15) is 22.4 Å². The number of nitrogens with one attached hydrogen (secondary N) is 2. The third kappa shape index (κ3) is 3.23. The number of aryl methyl sites for hydroxylation is 2. The molecule has 0 fully saturated rings. The topological polar surface area (TPSA) is 83.8 Å². The maximum atomic E-state index is 12.0. The van der Waals surface area contributed by atoms with Crippen LogP contribution in [0, 0.1) is 13.8 Å². The number of aromatic nitrogens is 2. The Kier molecular flexibility index (Phi) is 4.36. The lowest BCUT2D eigenvalue weighted by molar-refractivity contribution is 0.933. The van der Waals surface area contributed by atoms with E-state index in [4.69, 9.17) is 5.14 Å². The Hall–Kier alpha value is -2.31. The van der Waals surface area contributed by atoms with Crippen LogP contribution >= 0.6 is 12.1 Å². The number of H-pyrrole nitrogens is 1. The molecular formula is C17H18N4OS. The Morgan fingerprint density at radius 2 is 1.91 bits per heavy atom. The number of anilines is 1. The average molecular weight is 326 g/mol. The van der Waals surface area contributed by atoms with E-state index in [2.05, 4.69) is 14.9 Å². The molecule has 0 saturated heterocycles. The van der Waals surface area contributed by atoms with E-state index in [1.165, 1.54) is 0 Å². The summed E-state index contributed by atoms with van der Waals surface area (Å²) in [7, 11) is 0. The third-order valence-corrected chi connectivity index (χ3v) is 4.31. The number of nitrogens with two attached hydrogens (primary N) is 1. The molecule has 6 heteroatoms. The number of aromatic amines is 1. The van der Waals surface area contributed by atoms with Gasteiger partial charge in [-0.25, -0.2) is 5.10 Å². The van der Waals surface area contributed by atoms with E-state index in [0.717, 1.165) is 45.6 Å². The lowest BCUT2D eigenvalue weighted by atomic mass is 10.00. The lowest BCUT2D eigenvalue weighted by Crippen LogP contribution is -2.12. The number of rotatable bonds is 4. The molecule has 0 amide bonds. The monoisotopic (exact) mass is 326 g/mol. The van der Waals surface area contributed by atoms with Gasteiger partial charge >= 0.3 is 0 Å². The van der Waals surface area contributed by atoms with E-state index in [-0.39, 0.29) is 5.56 Å². The first-order valence-electron chi connectivity index (χ1n) is 7.27. The van der Waals surface area contributed by atoms with Crippen LogP contribution in [0.2, 0.25) is 0 Å². The molecular weight excluding hydrogens is 308 g/mol. The Morgan fingerprint density at radius 1 is 1.17 bits per heavy atom. The van der Waals surface area contributed by atoms with Crippen molar-refractivity contribution in [1.82, 2.24) is 10.2 Å². The summed E-state index contributed by atoms with van der Waals surface area (Å²) in [5.41, 5.74) is 5.01. The molecule has 1 aromatic heterocycles. The van der Waals surface area contributed by atoms with Crippen molar-refractivity contribution in [1.29, 1.82) is 0 Å². The van der Waals surface area contributed by atoms with Gasteiger partial charge in [-0.05, 0) is 54.8 Å². The highest BCUT2D eigenvalue weighted by atomic mass is 32.2. The van der Waals surface area contributed by atoms with Gasteiger partial charge in [-0.15, -0.1) is 0 Å². The van der Waals surface area contributed by atoms with E-state index < -0.39 is 0 Å². The minimum atomic E-state index is -0.151. The SMILES string of the molecule is Cc1cc2c(Cc3cccc(NSN)c3)n[nH]c(=O)c2cc1C. The summed E-state index contributed by atoms with van der Waals surface area (Å²) < 4.78 is 3.01. The van der Waals surface area contributed by atoms with Gasteiger partial charge in [0.05, 0.1) is 11.1 Å². The normalized spacial score (nSPS) is 10.9. The van der Waals surface area contributed by atoms with Crippen LogP contribution in [0.4, 0.5) is 5.69 Å². The van der Waals surface area contributed by atoms with E-state index in [9.17, 15) is 4.79 Å². The quantitative estimate of drug-likeness (QED) is 0.642. The molecule has 118 valence electrons. The van der Waals surface area contributed by atoms with Gasteiger partial charge in [-0.3, -0.25) is 9.93 Å². The number of benzene rings is 2. The van der Waals surface area contributed by atoms with Gasteiger partial charge in [0, 0.05) is 29.6 Å².